The lowest BCUT2D eigenvalue weighted by Gasteiger charge is -2.10. The average molecular weight is 298 g/mol. The first-order valence-corrected chi connectivity index (χ1v) is 8.25. The van der Waals surface area contributed by atoms with Crippen molar-refractivity contribution < 1.29 is 0 Å². The first kappa shape index (κ1) is 14.2. The van der Waals surface area contributed by atoms with Crippen LogP contribution < -0.4 is 0 Å². The molecule has 1 fully saturated rings. The average Bonchev–Trinajstić information content (AvgIpc) is 3.24. The maximum Gasteiger partial charge on any atom is 0.191 e. The van der Waals surface area contributed by atoms with E-state index < -0.39 is 0 Å². The fraction of sp³-hybridized carbons (Fsp3) is 0.438. The van der Waals surface area contributed by atoms with Crippen LogP contribution in [0.1, 0.15) is 55.6 Å². The van der Waals surface area contributed by atoms with E-state index in [9.17, 15) is 0 Å². The van der Waals surface area contributed by atoms with Crippen LogP contribution in [0.3, 0.4) is 0 Å². The van der Waals surface area contributed by atoms with Crippen molar-refractivity contribution in [2.45, 2.75) is 49.6 Å². The molecule has 0 radical (unpaired) electrons. The highest BCUT2D eigenvalue weighted by molar-refractivity contribution is 7.98. The topological polar surface area (TPSA) is 54.5 Å². The fourth-order valence-electron chi connectivity index (χ4n) is 2.35. The summed E-state index contributed by atoms with van der Waals surface area (Å²) in [6, 6.07) is 10.6. The largest absolute Gasteiger partial charge is 0.303 e. The summed E-state index contributed by atoms with van der Waals surface area (Å²) >= 11 is 1.67. The quantitative estimate of drug-likeness (QED) is 0.786. The number of hydrogen-bond donors (Lipinski definition) is 0. The van der Waals surface area contributed by atoms with Gasteiger partial charge in [-0.3, -0.25) is 0 Å². The smallest absolute Gasteiger partial charge is 0.191 e. The number of benzene rings is 1. The molecule has 0 N–H and O–H groups in total. The molecular formula is C16H18N4S. The number of nitrogens with zero attached hydrogens (tertiary/aromatic N) is 4. The molecule has 4 nitrogen and oxygen atoms in total. The highest BCUT2D eigenvalue weighted by Gasteiger charge is 2.30. The van der Waals surface area contributed by atoms with Crippen LogP contribution in [0.4, 0.5) is 0 Å². The predicted octanol–water partition coefficient (Wildman–Crippen LogP) is 3.90. The van der Waals surface area contributed by atoms with Crippen LogP contribution in [0.15, 0.2) is 29.4 Å². The van der Waals surface area contributed by atoms with Gasteiger partial charge in [-0.1, -0.05) is 43.8 Å². The van der Waals surface area contributed by atoms with Gasteiger partial charge in [0.25, 0.3) is 0 Å². The summed E-state index contributed by atoms with van der Waals surface area (Å²) in [5.41, 5.74) is 1.80. The Morgan fingerprint density at radius 1 is 1.33 bits per heavy atom. The molecule has 5 heteroatoms. The van der Waals surface area contributed by atoms with Gasteiger partial charge >= 0.3 is 0 Å². The van der Waals surface area contributed by atoms with E-state index in [0.29, 0.717) is 12.0 Å². The van der Waals surface area contributed by atoms with E-state index in [4.69, 9.17) is 5.26 Å². The molecule has 2 aromatic rings. The second-order valence-electron chi connectivity index (χ2n) is 5.65. The number of rotatable bonds is 5. The molecule has 1 heterocycles. The maximum absolute atomic E-state index is 9.15. The summed E-state index contributed by atoms with van der Waals surface area (Å²) < 4.78 is 2.30. The lowest BCUT2D eigenvalue weighted by atomic mass is 10.1. The fourth-order valence-corrected chi connectivity index (χ4v) is 3.37. The number of aromatic nitrogens is 3. The van der Waals surface area contributed by atoms with Crippen molar-refractivity contribution in [2.75, 3.05) is 0 Å². The van der Waals surface area contributed by atoms with Crippen molar-refractivity contribution in [1.82, 2.24) is 14.8 Å². The molecule has 1 aromatic carbocycles. The van der Waals surface area contributed by atoms with Crippen molar-refractivity contribution >= 4 is 11.8 Å². The Balaban J connectivity index is 1.81. The van der Waals surface area contributed by atoms with Crippen LogP contribution in [0.5, 0.6) is 0 Å². The number of hydrogen-bond acceptors (Lipinski definition) is 4. The minimum absolute atomic E-state index is 0.388. The van der Waals surface area contributed by atoms with Crippen molar-refractivity contribution in [3.05, 3.63) is 41.2 Å². The Morgan fingerprint density at radius 3 is 2.76 bits per heavy atom. The third kappa shape index (κ3) is 2.96. The van der Waals surface area contributed by atoms with Gasteiger partial charge < -0.3 is 4.57 Å². The van der Waals surface area contributed by atoms with E-state index in [1.807, 2.05) is 24.3 Å². The van der Waals surface area contributed by atoms with Gasteiger partial charge in [0.2, 0.25) is 0 Å². The molecule has 108 valence electrons. The molecule has 3 rings (SSSR count). The van der Waals surface area contributed by atoms with E-state index in [0.717, 1.165) is 27.9 Å². The standard InChI is InChI=1S/C16H18N4S/c1-11(2)15-18-19-16(20(15)14-7-8-14)21-10-13-6-4-3-5-12(13)9-17/h3-6,11,14H,7-8,10H2,1-2H3. The van der Waals surface area contributed by atoms with E-state index in [1.54, 1.807) is 11.8 Å². The zero-order valence-electron chi connectivity index (χ0n) is 12.3. The summed E-state index contributed by atoms with van der Waals surface area (Å²) in [6.45, 7) is 4.31. The van der Waals surface area contributed by atoms with E-state index >= 15 is 0 Å². The Bertz CT molecular complexity index is 680. The van der Waals surface area contributed by atoms with Crippen LogP contribution in [0.25, 0.3) is 0 Å². The van der Waals surface area contributed by atoms with Gasteiger partial charge in [0, 0.05) is 17.7 Å². The molecule has 1 aromatic heterocycles. The second kappa shape index (κ2) is 5.90. The molecule has 1 aliphatic rings. The first-order chi connectivity index (χ1) is 10.2. The minimum atomic E-state index is 0.388. The zero-order valence-corrected chi connectivity index (χ0v) is 13.1. The van der Waals surface area contributed by atoms with Gasteiger partial charge in [-0.2, -0.15) is 5.26 Å². The predicted molar refractivity (Wildman–Crippen MR) is 83.1 cm³/mol. The summed E-state index contributed by atoms with van der Waals surface area (Å²) in [5, 5.41) is 18.9. The molecule has 0 saturated heterocycles. The first-order valence-electron chi connectivity index (χ1n) is 7.26. The van der Waals surface area contributed by atoms with Crippen molar-refractivity contribution in [3.63, 3.8) is 0 Å². The molecule has 1 saturated carbocycles. The van der Waals surface area contributed by atoms with Crippen LogP contribution in [0, 0.1) is 11.3 Å². The van der Waals surface area contributed by atoms with Gasteiger partial charge in [-0.05, 0) is 24.5 Å². The molecule has 0 unspecified atom stereocenters. The van der Waals surface area contributed by atoms with Gasteiger partial charge in [0.15, 0.2) is 5.16 Å². The van der Waals surface area contributed by atoms with E-state index in [2.05, 4.69) is 34.7 Å². The molecule has 0 aliphatic heterocycles. The SMILES string of the molecule is CC(C)c1nnc(SCc2ccccc2C#N)n1C1CC1. The summed E-state index contributed by atoms with van der Waals surface area (Å²) in [6.07, 6.45) is 2.44. The minimum Gasteiger partial charge on any atom is -0.303 e. The van der Waals surface area contributed by atoms with E-state index in [1.165, 1.54) is 12.8 Å². The number of thioether (sulfide) groups is 1. The van der Waals surface area contributed by atoms with Crippen LogP contribution in [0.2, 0.25) is 0 Å². The molecule has 0 bridgehead atoms. The maximum atomic E-state index is 9.15. The van der Waals surface area contributed by atoms with Gasteiger partial charge in [-0.15, -0.1) is 10.2 Å². The normalized spacial score (nSPS) is 14.4. The highest BCUT2D eigenvalue weighted by atomic mass is 32.2. The Labute approximate surface area is 129 Å². The third-order valence-corrected chi connectivity index (χ3v) is 4.61. The zero-order chi connectivity index (χ0) is 14.8. The lowest BCUT2D eigenvalue weighted by molar-refractivity contribution is 0.599. The Morgan fingerprint density at radius 2 is 2.10 bits per heavy atom. The molecule has 0 spiro atoms. The monoisotopic (exact) mass is 298 g/mol. The van der Waals surface area contributed by atoms with Crippen molar-refractivity contribution in [2.24, 2.45) is 0 Å². The molecule has 0 amide bonds. The molecule has 0 atom stereocenters. The van der Waals surface area contributed by atoms with Crippen molar-refractivity contribution in [3.8, 4) is 6.07 Å². The molecule has 21 heavy (non-hydrogen) atoms. The van der Waals surface area contributed by atoms with Gasteiger partial charge in [0.05, 0.1) is 11.6 Å². The van der Waals surface area contributed by atoms with Crippen LogP contribution >= 0.6 is 11.8 Å². The Kier molecular flexibility index (Phi) is 3.98. The second-order valence-corrected chi connectivity index (χ2v) is 6.60. The highest BCUT2D eigenvalue weighted by Crippen LogP contribution is 2.40. The summed E-state index contributed by atoms with van der Waals surface area (Å²) in [4.78, 5) is 0. The van der Waals surface area contributed by atoms with Crippen molar-refractivity contribution in [1.29, 1.82) is 5.26 Å². The third-order valence-electron chi connectivity index (χ3n) is 3.61. The lowest BCUT2D eigenvalue weighted by Crippen LogP contribution is -2.04. The summed E-state index contributed by atoms with van der Waals surface area (Å²) in [5.74, 6) is 2.22. The van der Waals surface area contributed by atoms with E-state index in [-0.39, 0.29) is 0 Å². The Hall–Kier alpha value is -1.80. The summed E-state index contributed by atoms with van der Waals surface area (Å²) in [7, 11) is 0. The number of nitriles is 1. The van der Waals surface area contributed by atoms with Gasteiger partial charge in [-0.25, -0.2) is 0 Å². The van der Waals surface area contributed by atoms with Gasteiger partial charge in [0.1, 0.15) is 5.82 Å². The van der Waals surface area contributed by atoms with Crippen LogP contribution in [-0.4, -0.2) is 14.8 Å². The molecular weight excluding hydrogens is 280 g/mol. The van der Waals surface area contributed by atoms with Crippen LogP contribution in [-0.2, 0) is 5.75 Å². The molecule has 1 aliphatic carbocycles.